The van der Waals surface area contributed by atoms with Crippen LogP contribution in [0.15, 0.2) is 60.5 Å². The maximum atomic E-state index is 11.8. The molecule has 1 aliphatic rings. The van der Waals surface area contributed by atoms with Crippen molar-refractivity contribution in [2.45, 2.75) is 25.9 Å². The lowest BCUT2D eigenvalue weighted by Crippen LogP contribution is -2.23. The van der Waals surface area contributed by atoms with Gasteiger partial charge in [-0.05, 0) is 28.7 Å². The van der Waals surface area contributed by atoms with Gasteiger partial charge in [-0.2, -0.15) is 0 Å². The summed E-state index contributed by atoms with van der Waals surface area (Å²) >= 11 is 0. The highest BCUT2D eigenvalue weighted by atomic mass is 32.2. The Balaban J connectivity index is 1.76. The number of nitrogens with one attached hydrogen (secondary N) is 1. The van der Waals surface area contributed by atoms with E-state index in [1.54, 1.807) is 0 Å². The van der Waals surface area contributed by atoms with Crippen LogP contribution in [-0.2, 0) is 27.9 Å². The number of carbonyl (C=O) groups excluding carboxylic acids is 1. The van der Waals surface area contributed by atoms with Crippen LogP contribution in [0.1, 0.15) is 24.0 Å². The molecule has 1 aliphatic heterocycles. The smallest absolute Gasteiger partial charge is 0.233 e. The lowest BCUT2D eigenvalue weighted by Gasteiger charge is -2.16. The molecule has 1 N–H and O–H groups in total. The molecule has 5 nitrogen and oxygen atoms in total. The van der Waals surface area contributed by atoms with Gasteiger partial charge in [-0.25, -0.2) is 13.1 Å². The van der Waals surface area contributed by atoms with Crippen molar-refractivity contribution in [1.29, 1.82) is 0 Å². The van der Waals surface area contributed by atoms with E-state index >= 15 is 0 Å². The van der Waals surface area contributed by atoms with Gasteiger partial charge in [-0.3, -0.25) is 4.79 Å². The summed E-state index contributed by atoms with van der Waals surface area (Å²) in [6.07, 6.45) is 1.58. The van der Waals surface area contributed by atoms with Crippen molar-refractivity contribution in [1.82, 2.24) is 9.62 Å². The van der Waals surface area contributed by atoms with Crippen molar-refractivity contribution < 1.29 is 13.2 Å². The fourth-order valence-electron chi connectivity index (χ4n) is 3.07. The molecule has 3 rings (SSSR count). The molecule has 0 aromatic heterocycles. The Kier molecular flexibility index (Phi) is 5.54. The number of rotatable bonds is 7. The van der Waals surface area contributed by atoms with Gasteiger partial charge in [0.2, 0.25) is 15.9 Å². The summed E-state index contributed by atoms with van der Waals surface area (Å²) < 4.78 is 25.7. The van der Waals surface area contributed by atoms with Crippen LogP contribution >= 0.6 is 0 Å². The summed E-state index contributed by atoms with van der Waals surface area (Å²) in [6, 6.07) is 15.7. The number of hydrogen-bond donors (Lipinski definition) is 1. The van der Waals surface area contributed by atoms with E-state index < -0.39 is 10.0 Å². The van der Waals surface area contributed by atoms with Gasteiger partial charge in [0.25, 0.3) is 0 Å². The summed E-state index contributed by atoms with van der Waals surface area (Å²) in [5.41, 5.74) is 3.96. The Morgan fingerprint density at radius 2 is 1.85 bits per heavy atom. The fourth-order valence-corrected chi connectivity index (χ4v) is 3.55. The topological polar surface area (TPSA) is 66.5 Å². The zero-order valence-corrected chi connectivity index (χ0v) is 15.3. The Hall–Kier alpha value is -2.44. The highest BCUT2D eigenvalue weighted by Crippen LogP contribution is 2.25. The van der Waals surface area contributed by atoms with E-state index in [9.17, 15) is 13.2 Å². The molecule has 1 saturated heterocycles. The monoisotopic (exact) mass is 370 g/mol. The third kappa shape index (κ3) is 4.39. The van der Waals surface area contributed by atoms with Crippen LogP contribution < -0.4 is 4.72 Å². The first-order valence-electron chi connectivity index (χ1n) is 8.55. The first-order valence-corrected chi connectivity index (χ1v) is 10.1. The van der Waals surface area contributed by atoms with Crippen molar-refractivity contribution in [3.05, 3.63) is 71.6 Å². The molecule has 0 saturated carbocycles. The molecule has 0 aliphatic carbocycles. The predicted octanol–water partition coefficient (Wildman–Crippen LogP) is 3.04. The van der Waals surface area contributed by atoms with Gasteiger partial charge in [0, 0.05) is 31.5 Å². The van der Waals surface area contributed by atoms with E-state index in [2.05, 4.69) is 11.3 Å². The Bertz CT molecular complexity index is 905. The molecule has 2 aromatic carbocycles. The molecular formula is C20H22N2O3S. The first-order chi connectivity index (χ1) is 12.5. The van der Waals surface area contributed by atoms with E-state index in [4.69, 9.17) is 0 Å². The van der Waals surface area contributed by atoms with E-state index in [0.717, 1.165) is 40.6 Å². The number of benzene rings is 2. The van der Waals surface area contributed by atoms with Gasteiger partial charge in [-0.1, -0.05) is 55.1 Å². The minimum absolute atomic E-state index is 0.203. The first kappa shape index (κ1) is 18.4. The van der Waals surface area contributed by atoms with E-state index in [0.29, 0.717) is 13.0 Å². The third-order valence-corrected chi connectivity index (χ3v) is 5.50. The lowest BCUT2D eigenvalue weighted by atomic mass is 9.98. The maximum absolute atomic E-state index is 11.8. The summed E-state index contributed by atoms with van der Waals surface area (Å²) in [6.45, 7) is 4.97. The minimum atomic E-state index is -3.47. The number of amides is 1. The number of sulfonamides is 1. The van der Waals surface area contributed by atoms with Crippen molar-refractivity contribution in [3.63, 3.8) is 0 Å². The quantitative estimate of drug-likeness (QED) is 0.815. The van der Waals surface area contributed by atoms with E-state index in [1.165, 1.54) is 0 Å². The second-order valence-electron chi connectivity index (χ2n) is 6.31. The van der Waals surface area contributed by atoms with Crippen LogP contribution in [0.5, 0.6) is 0 Å². The average molecular weight is 370 g/mol. The number of nitrogens with zero attached hydrogens (tertiary/aromatic N) is 1. The second kappa shape index (κ2) is 7.85. The SMILES string of the molecule is C=CS(=O)(=O)NCc1ccccc1-c1ccc(CN2CCCC2=O)cc1. The van der Waals surface area contributed by atoms with Crippen molar-refractivity contribution in [3.8, 4) is 11.1 Å². The normalized spacial score (nSPS) is 14.6. The molecular weight excluding hydrogens is 348 g/mol. The minimum Gasteiger partial charge on any atom is -0.338 e. The molecule has 2 aromatic rings. The highest BCUT2D eigenvalue weighted by molar-refractivity contribution is 7.92. The molecule has 6 heteroatoms. The fraction of sp³-hybridized carbons (Fsp3) is 0.250. The zero-order chi connectivity index (χ0) is 18.6. The Labute approximate surface area is 154 Å². The Morgan fingerprint density at radius 3 is 2.50 bits per heavy atom. The van der Waals surface area contributed by atoms with Gasteiger partial charge in [0.15, 0.2) is 0 Å². The molecule has 1 fully saturated rings. The molecule has 0 bridgehead atoms. The predicted molar refractivity (Wildman–Crippen MR) is 102 cm³/mol. The molecule has 0 radical (unpaired) electrons. The lowest BCUT2D eigenvalue weighted by molar-refractivity contribution is -0.128. The van der Waals surface area contributed by atoms with Crippen LogP contribution in [0.3, 0.4) is 0 Å². The molecule has 136 valence electrons. The molecule has 1 amide bonds. The van der Waals surface area contributed by atoms with Gasteiger partial charge in [-0.15, -0.1) is 0 Å². The van der Waals surface area contributed by atoms with E-state index in [-0.39, 0.29) is 12.5 Å². The van der Waals surface area contributed by atoms with Crippen molar-refractivity contribution >= 4 is 15.9 Å². The average Bonchev–Trinajstić information content (AvgIpc) is 3.06. The third-order valence-electron chi connectivity index (χ3n) is 4.51. The molecule has 1 heterocycles. The summed E-state index contributed by atoms with van der Waals surface area (Å²) in [5.74, 6) is 0.217. The highest BCUT2D eigenvalue weighted by Gasteiger charge is 2.19. The maximum Gasteiger partial charge on any atom is 0.233 e. The van der Waals surface area contributed by atoms with Gasteiger partial charge >= 0.3 is 0 Å². The molecule has 26 heavy (non-hydrogen) atoms. The zero-order valence-electron chi connectivity index (χ0n) is 14.5. The summed E-state index contributed by atoms with van der Waals surface area (Å²) in [5, 5.41) is 0.907. The van der Waals surface area contributed by atoms with Crippen LogP contribution in [-0.4, -0.2) is 25.8 Å². The molecule has 0 atom stereocenters. The standard InChI is InChI=1S/C20H22N2O3S/c1-2-26(24,25)21-14-18-6-3-4-7-19(18)17-11-9-16(10-12-17)15-22-13-5-8-20(22)23/h2-4,6-7,9-12,21H,1,5,8,13-15H2. The van der Waals surface area contributed by atoms with Crippen molar-refractivity contribution in [2.75, 3.05) is 6.54 Å². The summed E-state index contributed by atoms with van der Waals surface area (Å²) in [4.78, 5) is 13.6. The van der Waals surface area contributed by atoms with Gasteiger partial charge in [0.1, 0.15) is 0 Å². The van der Waals surface area contributed by atoms with Crippen LogP contribution in [0.2, 0.25) is 0 Å². The van der Waals surface area contributed by atoms with Crippen LogP contribution in [0, 0.1) is 0 Å². The van der Waals surface area contributed by atoms with Crippen LogP contribution in [0.25, 0.3) is 11.1 Å². The second-order valence-corrected chi connectivity index (χ2v) is 8.02. The van der Waals surface area contributed by atoms with Gasteiger partial charge in [0.05, 0.1) is 0 Å². The van der Waals surface area contributed by atoms with E-state index in [1.807, 2.05) is 53.4 Å². The number of likely N-dealkylation sites (tertiary alicyclic amines) is 1. The Morgan fingerprint density at radius 1 is 1.12 bits per heavy atom. The summed E-state index contributed by atoms with van der Waals surface area (Å²) in [7, 11) is -3.47. The molecule has 0 spiro atoms. The van der Waals surface area contributed by atoms with Crippen LogP contribution in [0.4, 0.5) is 0 Å². The molecule has 0 unspecified atom stereocenters. The number of hydrogen-bond acceptors (Lipinski definition) is 3. The van der Waals surface area contributed by atoms with Gasteiger partial charge < -0.3 is 4.90 Å². The van der Waals surface area contributed by atoms with Crippen molar-refractivity contribution in [2.24, 2.45) is 0 Å². The largest absolute Gasteiger partial charge is 0.338 e. The number of carbonyl (C=O) groups is 1.